The lowest BCUT2D eigenvalue weighted by Crippen LogP contribution is -2.11. The summed E-state index contributed by atoms with van der Waals surface area (Å²) in [5.41, 5.74) is 6.31. The summed E-state index contributed by atoms with van der Waals surface area (Å²) in [5.74, 6) is 0.191. The smallest absolute Gasteiger partial charge is 0.266 e. The van der Waals surface area contributed by atoms with Crippen molar-refractivity contribution < 1.29 is 4.79 Å². The number of hydrogen-bond donors (Lipinski definition) is 2. The van der Waals surface area contributed by atoms with Gasteiger partial charge in [0.1, 0.15) is 5.82 Å². The first-order valence-corrected chi connectivity index (χ1v) is 6.04. The van der Waals surface area contributed by atoms with Gasteiger partial charge in [0, 0.05) is 21.8 Å². The van der Waals surface area contributed by atoms with E-state index in [4.69, 9.17) is 17.3 Å². The molecule has 6 heteroatoms. The first-order chi connectivity index (χ1) is 8.06. The van der Waals surface area contributed by atoms with Crippen molar-refractivity contribution in [1.29, 1.82) is 0 Å². The highest BCUT2D eigenvalue weighted by molar-refractivity contribution is 7.14. The van der Waals surface area contributed by atoms with Crippen LogP contribution in [0.25, 0.3) is 0 Å². The van der Waals surface area contributed by atoms with Gasteiger partial charge in [-0.15, -0.1) is 11.3 Å². The highest BCUT2D eigenvalue weighted by Crippen LogP contribution is 2.24. The molecule has 4 nitrogen and oxygen atoms in total. The number of nitrogens with two attached hydrogens (primary N) is 1. The predicted octanol–water partition coefficient (Wildman–Crippen LogP) is 2.94. The first-order valence-electron chi connectivity index (χ1n) is 4.85. The number of halogens is 1. The summed E-state index contributed by atoms with van der Waals surface area (Å²) >= 11 is 7.14. The van der Waals surface area contributed by atoms with Crippen molar-refractivity contribution in [2.75, 3.05) is 11.1 Å². The molecule has 2 heterocycles. The summed E-state index contributed by atoms with van der Waals surface area (Å²) < 4.78 is 0. The molecule has 0 fully saturated rings. The van der Waals surface area contributed by atoms with Crippen LogP contribution in [0.2, 0.25) is 5.02 Å². The van der Waals surface area contributed by atoms with Crippen LogP contribution in [0.3, 0.4) is 0 Å². The quantitative estimate of drug-likeness (QED) is 0.879. The van der Waals surface area contributed by atoms with E-state index < -0.39 is 0 Å². The average Bonchev–Trinajstić information content (AvgIpc) is 2.59. The van der Waals surface area contributed by atoms with E-state index in [0.29, 0.717) is 21.4 Å². The van der Waals surface area contributed by atoms with Crippen molar-refractivity contribution in [2.24, 2.45) is 0 Å². The molecule has 2 aromatic rings. The summed E-state index contributed by atoms with van der Waals surface area (Å²) in [6, 6.07) is 4.88. The van der Waals surface area contributed by atoms with Crippen molar-refractivity contribution in [3.8, 4) is 0 Å². The molecule has 0 radical (unpaired) electrons. The maximum Gasteiger partial charge on any atom is 0.266 e. The third-order valence-electron chi connectivity index (χ3n) is 2.14. The highest BCUT2D eigenvalue weighted by atomic mass is 35.5. The third-order valence-corrected chi connectivity index (χ3v) is 3.44. The number of nitrogen functional groups attached to an aromatic ring is 1. The van der Waals surface area contributed by atoms with E-state index in [1.54, 1.807) is 18.2 Å². The van der Waals surface area contributed by atoms with Gasteiger partial charge in [0.05, 0.1) is 4.88 Å². The predicted molar refractivity (Wildman–Crippen MR) is 70.7 cm³/mol. The van der Waals surface area contributed by atoms with E-state index in [1.807, 2.05) is 6.92 Å². The second-order valence-electron chi connectivity index (χ2n) is 3.44. The Balaban J connectivity index is 2.17. The molecule has 0 aromatic carbocycles. The van der Waals surface area contributed by atoms with E-state index in [-0.39, 0.29) is 5.91 Å². The normalized spacial score (nSPS) is 10.2. The van der Waals surface area contributed by atoms with Crippen LogP contribution in [0.4, 0.5) is 11.5 Å². The van der Waals surface area contributed by atoms with Gasteiger partial charge in [0.25, 0.3) is 5.91 Å². The lowest BCUT2D eigenvalue weighted by atomic mass is 10.3. The lowest BCUT2D eigenvalue weighted by Gasteiger charge is -2.02. The fraction of sp³-hybridized carbons (Fsp3) is 0.0909. The van der Waals surface area contributed by atoms with Crippen molar-refractivity contribution in [3.63, 3.8) is 0 Å². The van der Waals surface area contributed by atoms with Gasteiger partial charge in [0.2, 0.25) is 0 Å². The van der Waals surface area contributed by atoms with E-state index in [2.05, 4.69) is 10.3 Å². The van der Waals surface area contributed by atoms with Gasteiger partial charge in [-0.2, -0.15) is 0 Å². The molecule has 0 atom stereocenters. The molecule has 1 amide bonds. The molecule has 0 spiro atoms. The minimum atomic E-state index is -0.232. The summed E-state index contributed by atoms with van der Waals surface area (Å²) in [7, 11) is 0. The highest BCUT2D eigenvalue weighted by Gasteiger charge is 2.11. The monoisotopic (exact) mass is 267 g/mol. The van der Waals surface area contributed by atoms with Crippen LogP contribution in [0.15, 0.2) is 24.4 Å². The molecule has 3 N–H and O–H groups in total. The second-order valence-corrected chi connectivity index (χ2v) is 5.13. The molecule has 0 aliphatic heterocycles. The summed E-state index contributed by atoms with van der Waals surface area (Å²) in [5, 5.41) is 3.19. The molecule has 0 aliphatic rings. The molecule has 2 rings (SSSR count). The van der Waals surface area contributed by atoms with Crippen LogP contribution < -0.4 is 11.1 Å². The van der Waals surface area contributed by atoms with Crippen LogP contribution in [-0.4, -0.2) is 10.9 Å². The number of rotatable bonds is 2. The number of nitrogens with one attached hydrogen (secondary N) is 1. The van der Waals surface area contributed by atoms with Crippen molar-refractivity contribution in [2.45, 2.75) is 6.92 Å². The molecule has 0 bridgehead atoms. The number of thiophene rings is 1. The summed E-state index contributed by atoms with van der Waals surface area (Å²) in [6.07, 6.45) is 1.53. The Morgan fingerprint density at radius 2 is 2.29 bits per heavy atom. The average molecular weight is 268 g/mol. The number of carbonyl (C=O) groups excluding carboxylic acids is 1. The minimum Gasteiger partial charge on any atom is -0.398 e. The number of amides is 1. The van der Waals surface area contributed by atoms with Gasteiger partial charge in [-0.05, 0) is 25.1 Å². The zero-order valence-electron chi connectivity index (χ0n) is 9.03. The van der Waals surface area contributed by atoms with Crippen LogP contribution in [-0.2, 0) is 0 Å². The minimum absolute atomic E-state index is 0.232. The van der Waals surface area contributed by atoms with Crippen LogP contribution in [0.5, 0.6) is 0 Å². The number of carbonyl (C=O) groups is 1. The fourth-order valence-electron chi connectivity index (χ4n) is 1.26. The van der Waals surface area contributed by atoms with Crippen LogP contribution in [0.1, 0.15) is 14.5 Å². The molecule has 88 valence electrons. The number of nitrogens with zero attached hydrogens (tertiary/aromatic N) is 1. The Hall–Kier alpha value is -1.59. The first kappa shape index (κ1) is 11.9. The maximum absolute atomic E-state index is 11.9. The number of aryl methyl sites for hydroxylation is 1. The Kier molecular flexibility index (Phi) is 3.31. The number of pyridine rings is 1. The van der Waals surface area contributed by atoms with Gasteiger partial charge in [-0.3, -0.25) is 4.79 Å². The SMILES string of the molecule is Cc1sc(C(=O)Nc2cc(Cl)ccn2)cc1N. The van der Waals surface area contributed by atoms with Crippen molar-refractivity contribution in [1.82, 2.24) is 4.98 Å². The van der Waals surface area contributed by atoms with Gasteiger partial charge >= 0.3 is 0 Å². The zero-order chi connectivity index (χ0) is 12.4. The Morgan fingerprint density at radius 3 is 2.88 bits per heavy atom. The molecule has 0 unspecified atom stereocenters. The van der Waals surface area contributed by atoms with E-state index >= 15 is 0 Å². The van der Waals surface area contributed by atoms with Crippen LogP contribution >= 0.6 is 22.9 Å². The van der Waals surface area contributed by atoms with Gasteiger partial charge in [-0.25, -0.2) is 4.98 Å². The maximum atomic E-state index is 11.9. The molecule has 0 saturated heterocycles. The van der Waals surface area contributed by atoms with Gasteiger partial charge < -0.3 is 11.1 Å². The fourth-order valence-corrected chi connectivity index (χ4v) is 2.26. The summed E-state index contributed by atoms with van der Waals surface area (Å²) in [4.78, 5) is 17.3. The van der Waals surface area contributed by atoms with E-state index in [0.717, 1.165) is 4.88 Å². The van der Waals surface area contributed by atoms with Gasteiger partial charge in [0.15, 0.2) is 0 Å². The van der Waals surface area contributed by atoms with Crippen molar-refractivity contribution >= 4 is 40.4 Å². The van der Waals surface area contributed by atoms with E-state index in [1.165, 1.54) is 17.5 Å². The Bertz CT molecular complexity index is 548. The molecular formula is C11H10ClN3OS. The third kappa shape index (κ3) is 2.75. The topological polar surface area (TPSA) is 68.0 Å². The Morgan fingerprint density at radius 1 is 1.53 bits per heavy atom. The standard InChI is InChI=1S/C11H10ClN3OS/c1-6-8(13)5-9(17-6)11(16)15-10-4-7(12)2-3-14-10/h2-5H,13H2,1H3,(H,14,15,16). The Labute approximate surface area is 107 Å². The number of aromatic nitrogens is 1. The van der Waals surface area contributed by atoms with Crippen LogP contribution in [0, 0.1) is 6.92 Å². The number of anilines is 2. The molecule has 2 aromatic heterocycles. The lowest BCUT2D eigenvalue weighted by molar-refractivity contribution is 0.103. The number of hydrogen-bond acceptors (Lipinski definition) is 4. The molecule has 0 saturated carbocycles. The second kappa shape index (κ2) is 4.73. The molecule has 0 aliphatic carbocycles. The molecular weight excluding hydrogens is 258 g/mol. The van der Waals surface area contributed by atoms with Crippen molar-refractivity contribution in [3.05, 3.63) is 39.2 Å². The summed E-state index contributed by atoms with van der Waals surface area (Å²) in [6.45, 7) is 1.87. The van der Waals surface area contributed by atoms with E-state index in [9.17, 15) is 4.79 Å². The molecule has 17 heavy (non-hydrogen) atoms. The zero-order valence-corrected chi connectivity index (χ0v) is 10.6. The van der Waals surface area contributed by atoms with Gasteiger partial charge in [-0.1, -0.05) is 11.6 Å². The largest absolute Gasteiger partial charge is 0.398 e.